The van der Waals surface area contributed by atoms with Crippen LogP contribution in [-0.2, 0) is 7.05 Å². The molecule has 6 nitrogen and oxygen atoms in total. The second-order valence-electron chi connectivity index (χ2n) is 5.30. The number of rotatable bonds is 2. The molecule has 0 aliphatic rings. The molecule has 24 heavy (non-hydrogen) atoms. The fraction of sp³-hybridized carbons (Fsp3) is 0.125. The van der Waals surface area contributed by atoms with Crippen LogP contribution in [0.1, 0.15) is 5.82 Å². The third-order valence-electron chi connectivity index (χ3n) is 3.72. The maximum absolute atomic E-state index is 12.1. The number of fused-ring (bicyclic) bond motifs is 1. The van der Waals surface area contributed by atoms with Gasteiger partial charge in [-0.05, 0) is 37.3 Å². The number of aryl methyl sites for hydroxylation is 2. The normalized spacial score (nSPS) is 11.3. The fourth-order valence-corrected chi connectivity index (χ4v) is 3.80. The maximum Gasteiger partial charge on any atom is 0.350 e. The van der Waals surface area contributed by atoms with Crippen molar-refractivity contribution in [2.24, 2.45) is 7.05 Å². The van der Waals surface area contributed by atoms with Crippen molar-refractivity contribution in [3.8, 4) is 16.3 Å². The van der Waals surface area contributed by atoms with Crippen molar-refractivity contribution in [1.82, 2.24) is 24.3 Å². The Balaban J connectivity index is 1.78. The van der Waals surface area contributed by atoms with E-state index in [2.05, 4.69) is 15.1 Å². The second kappa shape index (κ2) is 5.54. The van der Waals surface area contributed by atoms with E-state index in [1.165, 1.54) is 16.0 Å². The minimum Gasteiger partial charge on any atom is -0.247 e. The van der Waals surface area contributed by atoms with E-state index in [4.69, 9.17) is 11.6 Å². The van der Waals surface area contributed by atoms with Gasteiger partial charge in [-0.3, -0.25) is 0 Å². The molecule has 0 saturated carbocycles. The Morgan fingerprint density at radius 3 is 2.54 bits per heavy atom. The second-order valence-corrected chi connectivity index (χ2v) is 6.66. The van der Waals surface area contributed by atoms with Crippen LogP contribution in [0.25, 0.3) is 26.5 Å². The van der Waals surface area contributed by atoms with Crippen LogP contribution in [0.2, 0.25) is 5.15 Å². The van der Waals surface area contributed by atoms with Crippen LogP contribution in [-0.4, -0.2) is 24.3 Å². The van der Waals surface area contributed by atoms with E-state index < -0.39 is 0 Å². The SMILES string of the molecule is Cc1nn(C)c(=O)n1-c1ccc(-c2nc3ccnc(Cl)c3s2)cc1. The van der Waals surface area contributed by atoms with Crippen molar-refractivity contribution >= 4 is 33.2 Å². The summed E-state index contributed by atoms with van der Waals surface area (Å²) in [7, 11) is 1.64. The van der Waals surface area contributed by atoms with Crippen molar-refractivity contribution in [3.05, 3.63) is 58.0 Å². The average molecular weight is 358 g/mol. The Labute approximate surface area is 146 Å². The van der Waals surface area contributed by atoms with Crippen LogP contribution >= 0.6 is 22.9 Å². The van der Waals surface area contributed by atoms with E-state index in [1.807, 2.05) is 30.3 Å². The van der Waals surface area contributed by atoms with Gasteiger partial charge in [0.2, 0.25) is 0 Å². The number of hydrogen-bond acceptors (Lipinski definition) is 5. The van der Waals surface area contributed by atoms with Crippen LogP contribution in [0.4, 0.5) is 0 Å². The zero-order valence-corrected chi connectivity index (χ0v) is 14.5. The lowest BCUT2D eigenvalue weighted by Gasteiger charge is -2.03. The predicted molar refractivity (Wildman–Crippen MR) is 95.0 cm³/mol. The highest BCUT2D eigenvalue weighted by Gasteiger charge is 2.12. The van der Waals surface area contributed by atoms with Gasteiger partial charge in [-0.15, -0.1) is 11.3 Å². The van der Waals surface area contributed by atoms with Gasteiger partial charge in [0.05, 0.1) is 15.9 Å². The monoisotopic (exact) mass is 357 g/mol. The summed E-state index contributed by atoms with van der Waals surface area (Å²) in [6, 6.07) is 9.49. The van der Waals surface area contributed by atoms with Crippen molar-refractivity contribution < 1.29 is 0 Å². The topological polar surface area (TPSA) is 65.6 Å². The lowest BCUT2D eigenvalue weighted by Crippen LogP contribution is -2.21. The molecule has 4 aromatic rings. The number of halogens is 1. The van der Waals surface area contributed by atoms with Crippen molar-refractivity contribution in [1.29, 1.82) is 0 Å². The molecule has 4 rings (SSSR count). The summed E-state index contributed by atoms with van der Waals surface area (Å²) >= 11 is 7.61. The molecule has 3 aromatic heterocycles. The molecule has 0 fully saturated rings. The van der Waals surface area contributed by atoms with Gasteiger partial charge in [0, 0.05) is 18.8 Å². The standard InChI is InChI=1S/C16H12ClN5OS/c1-9-20-21(2)16(23)22(9)11-5-3-10(4-6-11)15-19-12-7-8-18-14(17)13(12)24-15/h3-8H,1-2H3. The highest BCUT2D eigenvalue weighted by atomic mass is 35.5. The molecular formula is C16H12ClN5OS. The summed E-state index contributed by atoms with van der Waals surface area (Å²) in [6.07, 6.45) is 1.65. The first-order valence-corrected chi connectivity index (χ1v) is 8.38. The Morgan fingerprint density at radius 2 is 1.92 bits per heavy atom. The Kier molecular flexibility index (Phi) is 3.47. The molecule has 1 aromatic carbocycles. The molecule has 8 heteroatoms. The van der Waals surface area contributed by atoms with Crippen LogP contribution in [0.5, 0.6) is 0 Å². The van der Waals surface area contributed by atoms with Crippen molar-refractivity contribution in [2.75, 3.05) is 0 Å². The summed E-state index contributed by atoms with van der Waals surface area (Å²) in [6.45, 7) is 1.80. The first-order valence-electron chi connectivity index (χ1n) is 7.19. The third kappa shape index (κ3) is 2.33. The zero-order valence-electron chi connectivity index (χ0n) is 12.9. The molecule has 0 saturated heterocycles. The Hall–Kier alpha value is -2.51. The first-order chi connectivity index (χ1) is 11.5. The lowest BCUT2D eigenvalue weighted by atomic mass is 10.2. The van der Waals surface area contributed by atoms with Crippen LogP contribution in [0, 0.1) is 6.92 Å². The molecule has 0 aliphatic carbocycles. The summed E-state index contributed by atoms with van der Waals surface area (Å²) in [4.78, 5) is 20.8. The van der Waals surface area contributed by atoms with E-state index in [9.17, 15) is 4.79 Å². The van der Waals surface area contributed by atoms with Gasteiger partial charge in [0.15, 0.2) is 0 Å². The number of aromatic nitrogens is 5. The Bertz CT molecular complexity index is 1110. The molecule has 120 valence electrons. The highest BCUT2D eigenvalue weighted by Crippen LogP contribution is 2.33. The number of benzene rings is 1. The fourth-order valence-electron chi connectivity index (χ4n) is 2.59. The van der Waals surface area contributed by atoms with E-state index >= 15 is 0 Å². The van der Waals surface area contributed by atoms with Crippen molar-refractivity contribution in [2.45, 2.75) is 6.92 Å². The maximum atomic E-state index is 12.1. The average Bonchev–Trinajstić information content (AvgIpc) is 3.11. The summed E-state index contributed by atoms with van der Waals surface area (Å²) in [5.74, 6) is 0.646. The number of pyridine rings is 1. The molecule has 0 spiro atoms. The van der Waals surface area contributed by atoms with Gasteiger partial charge in [-0.25, -0.2) is 24.0 Å². The quantitative estimate of drug-likeness (QED) is 0.517. The largest absolute Gasteiger partial charge is 0.350 e. The summed E-state index contributed by atoms with van der Waals surface area (Å²) < 4.78 is 3.77. The molecule has 3 heterocycles. The van der Waals surface area contributed by atoms with Gasteiger partial charge in [-0.2, -0.15) is 5.10 Å². The van der Waals surface area contributed by atoms with Crippen LogP contribution in [0.3, 0.4) is 0 Å². The third-order valence-corrected chi connectivity index (χ3v) is 5.25. The van der Waals surface area contributed by atoms with Gasteiger partial charge >= 0.3 is 5.69 Å². The van der Waals surface area contributed by atoms with E-state index in [1.54, 1.807) is 24.7 Å². The van der Waals surface area contributed by atoms with Crippen LogP contribution in [0.15, 0.2) is 41.3 Å². The van der Waals surface area contributed by atoms with Gasteiger partial charge < -0.3 is 0 Å². The molecular weight excluding hydrogens is 346 g/mol. The summed E-state index contributed by atoms with van der Waals surface area (Å²) in [5.41, 5.74) is 2.40. The van der Waals surface area contributed by atoms with Gasteiger partial charge in [0.25, 0.3) is 0 Å². The molecule has 0 N–H and O–H groups in total. The highest BCUT2D eigenvalue weighted by molar-refractivity contribution is 7.22. The minimum atomic E-state index is -0.168. The minimum absolute atomic E-state index is 0.168. The molecule has 0 atom stereocenters. The van der Waals surface area contributed by atoms with E-state index in [0.717, 1.165) is 26.5 Å². The zero-order chi connectivity index (χ0) is 16.8. The van der Waals surface area contributed by atoms with Gasteiger partial charge in [-0.1, -0.05) is 11.6 Å². The number of hydrogen-bond donors (Lipinski definition) is 0. The van der Waals surface area contributed by atoms with Crippen LogP contribution < -0.4 is 5.69 Å². The van der Waals surface area contributed by atoms with E-state index in [-0.39, 0.29) is 5.69 Å². The van der Waals surface area contributed by atoms with Crippen molar-refractivity contribution in [3.63, 3.8) is 0 Å². The molecule has 0 amide bonds. The molecule has 0 radical (unpaired) electrons. The predicted octanol–water partition coefficient (Wildman–Crippen LogP) is 3.20. The molecule has 0 unspecified atom stereocenters. The lowest BCUT2D eigenvalue weighted by molar-refractivity contribution is 0.723. The summed E-state index contributed by atoms with van der Waals surface area (Å²) in [5, 5.41) is 5.47. The molecule has 0 bridgehead atoms. The number of nitrogens with zero attached hydrogens (tertiary/aromatic N) is 5. The molecule has 0 aliphatic heterocycles. The van der Waals surface area contributed by atoms with Gasteiger partial charge in [0.1, 0.15) is 16.0 Å². The van der Waals surface area contributed by atoms with E-state index in [0.29, 0.717) is 11.0 Å². The number of thiazole rings is 1. The first kappa shape index (κ1) is 15.0. The smallest absolute Gasteiger partial charge is 0.247 e. The Morgan fingerprint density at radius 1 is 1.17 bits per heavy atom.